The van der Waals surface area contributed by atoms with E-state index in [1.807, 2.05) is 21.1 Å². The second-order valence-electron chi connectivity index (χ2n) is 29.4. The third-order valence-corrected chi connectivity index (χ3v) is 18.4. The Hall–Kier alpha value is -4.83. The number of hydrogen-bond donors (Lipinski definition) is 0. The molecule has 0 spiro atoms. The van der Waals surface area contributed by atoms with E-state index in [4.69, 9.17) is 18.9 Å². The lowest BCUT2D eigenvalue weighted by atomic mass is 10.0. The Kier molecular flexibility index (Phi) is 78.0. The highest BCUT2D eigenvalue weighted by Gasteiger charge is 2.22. The molecule has 0 aromatic rings. The predicted molar refractivity (Wildman–Crippen MR) is 439 cm³/mol. The summed E-state index contributed by atoms with van der Waals surface area (Å²) in [6.07, 6.45) is 117. The molecule has 0 aliphatic rings. The Morgan fingerprint density at radius 3 is 0.833 bits per heavy atom. The Bertz CT molecular complexity index is 2200. The topological polar surface area (TPSA) is 111 Å². The summed E-state index contributed by atoms with van der Waals surface area (Å²) in [6.45, 7) is 4.62. The van der Waals surface area contributed by atoms with E-state index < -0.39 is 24.3 Å². The molecule has 102 heavy (non-hydrogen) atoms. The minimum Gasteiger partial charge on any atom is -0.545 e. The third-order valence-electron chi connectivity index (χ3n) is 18.4. The van der Waals surface area contributed by atoms with Crippen LogP contribution in [0.25, 0.3) is 0 Å². The number of carboxylic acid groups (broad SMARTS) is 1. The second kappa shape index (κ2) is 81.8. The molecule has 0 aromatic carbocycles. The van der Waals surface area contributed by atoms with E-state index >= 15 is 0 Å². The van der Waals surface area contributed by atoms with Gasteiger partial charge < -0.3 is 33.3 Å². The number of unbranched alkanes of at least 4 members (excludes halogenated alkanes) is 39. The van der Waals surface area contributed by atoms with Crippen molar-refractivity contribution in [3.8, 4) is 0 Å². The van der Waals surface area contributed by atoms with Crippen molar-refractivity contribution in [3.63, 3.8) is 0 Å². The lowest BCUT2D eigenvalue weighted by Crippen LogP contribution is -2.44. The molecule has 0 bridgehead atoms. The molecular formula is C93H159NO8. The first-order valence-corrected chi connectivity index (χ1v) is 42.5. The van der Waals surface area contributed by atoms with E-state index in [-0.39, 0.29) is 38.6 Å². The van der Waals surface area contributed by atoms with Crippen molar-refractivity contribution in [2.75, 3.05) is 47.5 Å². The van der Waals surface area contributed by atoms with Gasteiger partial charge in [0.15, 0.2) is 12.4 Å². The molecule has 0 heterocycles. The van der Waals surface area contributed by atoms with Gasteiger partial charge in [0.25, 0.3) is 0 Å². The number of hydrogen-bond acceptors (Lipinski definition) is 8. The molecule has 0 fully saturated rings. The molecule has 0 aliphatic carbocycles. The Labute approximate surface area is 630 Å². The molecule has 0 amide bonds. The molecule has 2 unspecified atom stereocenters. The number of esters is 2. The molecule has 0 aromatic heterocycles. The molecule has 2 atom stereocenters. The van der Waals surface area contributed by atoms with Crippen molar-refractivity contribution in [3.05, 3.63) is 146 Å². The summed E-state index contributed by atoms with van der Waals surface area (Å²) >= 11 is 0. The van der Waals surface area contributed by atoms with Crippen LogP contribution in [0.2, 0.25) is 0 Å². The summed E-state index contributed by atoms with van der Waals surface area (Å²) in [4.78, 5) is 37.6. The largest absolute Gasteiger partial charge is 0.545 e. The number of aliphatic carboxylic acids is 1. The molecule has 0 radical (unpaired) electrons. The molecule has 584 valence electrons. The number of rotatable bonds is 78. The number of ether oxygens (including phenoxy) is 4. The van der Waals surface area contributed by atoms with Crippen LogP contribution >= 0.6 is 0 Å². The fourth-order valence-electron chi connectivity index (χ4n) is 11.9. The van der Waals surface area contributed by atoms with Gasteiger partial charge in [-0.15, -0.1) is 0 Å². The summed E-state index contributed by atoms with van der Waals surface area (Å²) in [5.74, 6) is -2.34. The van der Waals surface area contributed by atoms with Gasteiger partial charge in [0, 0.05) is 12.8 Å². The van der Waals surface area contributed by atoms with Gasteiger partial charge >= 0.3 is 11.9 Å². The SMILES string of the molecule is CC/C=C\C/C=C\C/C=C\C/C=C\C/C=C\C/C=C\C/C=C\C/C=C\C/C=C\C/C=C\C/C=C\C/C=C\CCCCC(=O)OC(COC(=O)CCCCCCCCCCCCCCCCCCCCCCCCCCCCCCCCCCCCCCCC)COC(OCC[N+](C)(C)C)C(=O)[O-]. The highest BCUT2D eigenvalue weighted by molar-refractivity contribution is 5.70. The molecule has 0 rings (SSSR count). The normalized spacial score (nSPS) is 13.4. The monoisotopic (exact) mass is 1420 g/mol. The van der Waals surface area contributed by atoms with Crippen molar-refractivity contribution >= 4 is 17.9 Å². The number of allylic oxidation sites excluding steroid dienone is 24. The first-order valence-electron chi connectivity index (χ1n) is 42.5. The van der Waals surface area contributed by atoms with Gasteiger partial charge in [0.05, 0.1) is 40.3 Å². The van der Waals surface area contributed by atoms with Crippen molar-refractivity contribution in [1.82, 2.24) is 0 Å². The first-order chi connectivity index (χ1) is 50.1. The molecule has 0 N–H and O–H groups in total. The van der Waals surface area contributed by atoms with Crippen molar-refractivity contribution in [1.29, 1.82) is 0 Å². The first kappa shape index (κ1) is 97.2. The minimum atomic E-state index is -1.64. The molecular weight excluding hydrogens is 1260 g/mol. The third kappa shape index (κ3) is 82.5. The molecule has 9 nitrogen and oxygen atoms in total. The quantitative estimate of drug-likeness (QED) is 0.0195. The predicted octanol–water partition coefficient (Wildman–Crippen LogP) is 26.4. The van der Waals surface area contributed by atoms with E-state index in [1.54, 1.807) is 0 Å². The van der Waals surface area contributed by atoms with Gasteiger partial charge in [-0.3, -0.25) is 9.59 Å². The fourth-order valence-corrected chi connectivity index (χ4v) is 11.9. The lowest BCUT2D eigenvalue weighted by Gasteiger charge is -2.26. The maximum Gasteiger partial charge on any atom is 0.306 e. The molecule has 0 aliphatic heterocycles. The Morgan fingerprint density at radius 2 is 0.559 bits per heavy atom. The van der Waals surface area contributed by atoms with E-state index in [0.717, 1.165) is 109 Å². The van der Waals surface area contributed by atoms with Gasteiger partial charge in [0.1, 0.15) is 13.2 Å². The standard InChI is InChI=1S/C93H159NO8/c1-6-8-10-12-14-16-18-20-22-24-26-28-30-32-34-36-38-40-42-44-46-48-50-52-54-56-58-60-62-64-66-68-70-72-74-76-78-80-82-84-91(96)102-89(88-101-93(92(97)98)99-86-85-94(3,4)5)87-100-90(95)83-81-79-77-75-73-71-69-67-65-63-61-59-57-55-53-51-49-47-45-43-41-39-37-35-33-31-29-27-25-23-21-19-17-15-13-11-9-7-2/h8,10,14,16,20,22,26,28,32,34,38,40,44,46,50,52,56,58,62,64,68,70,74,76,89,93H,6-7,9,11-13,15,17-19,21,23-25,27,29-31,33,35-37,39,41-43,45,47-49,51,53-55,57,59-61,63,65-67,69,71-73,75,77-88H2,1-5H3/b10-8-,16-14-,22-20-,28-26-,34-32-,40-38-,46-44-,52-50-,58-56-,64-62-,70-68-,76-74-. The summed E-state index contributed by atoms with van der Waals surface area (Å²) < 4.78 is 22.8. The van der Waals surface area contributed by atoms with Crippen LogP contribution in [-0.4, -0.2) is 82.3 Å². The van der Waals surface area contributed by atoms with Crippen LogP contribution in [0.4, 0.5) is 0 Å². The van der Waals surface area contributed by atoms with Gasteiger partial charge in [-0.1, -0.05) is 397 Å². The van der Waals surface area contributed by atoms with Crippen LogP contribution in [0.1, 0.15) is 367 Å². The van der Waals surface area contributed by atoms with E-state index in [1.165, 1.54) is 225 Å². The van der Waals surface area contributed by atoms with Crippen LogP contribution in [0.3, 0.4) is 0 Å². The summed E-state index contributed by atoms with van der Waals surface area (Å²) in [5, 5.41) is 11.9. The van der Waals surface area contributed by atoms with Crippen LogP contribution in [0.5, 0.6) is 0 Å². The molecule has 9 heteroatoms. The van der Waals surface area contributed by atoms with Crippen molar-refractivity contribution in [2.45, 2.75) is 379 Å². The lowest BCUT2D eigenvalue weighted by molar-refractivity contribution is -0.870. The smallest absolute Gasteiger partial charge is 0.306 e. The van der Waals surface area contributed by atoms with Crippen LogP contribution in [-0.2, 0) is 33.3 Å². The van der Waals surface area contributed by atoms with E-state index in [9.17, 15) is 19.5 Å². The van der Waals surface area contributed by atoms with Gasteiger partial charge in [-0.05, 0) is 103 Å². The summed E-state index contributed by atoms with van der Waals surface area (Å²) in [6, 6.07) is 0. The number of likely N-dealkylation sites (N-methyl/N-ethyl adjacent to an activating group) is 1. The highest BCUT2D eigenvalue weighted by Crippen LogP contribution is 2.19. The average molecular weight is 1420 g/mol. The number of carbonyl (C=O) groups excluding carboxylic acids is 3. The number of quaternary nitrogens is 1. The zero-order chi connectivity index (χ0) is 73.9. The van der Waals surface area contributed by atoms with Crippen LogP contribution < -0.4 is 5.11 Å². The summed E-state index contributed by atoms with van der Waals surface area (Å²) in [5.41, 5.74) is 0. The second-order valence-corrected chi connectivity index (χ2v) is 29.4. The fraction of sp³-hybridized carbons (Fsp3) is 0.710. The zero-order valence-corrected chi connectivity index (χ0v) is 66.9. The zero-order valence-electron chi connectivity index (χ0n) is 66.9. The van der Waals surface area contributed by atoms with Crippen LogP contribution in [0.15, 0.2) is 146 Å². The Morgan fingerprint density at radius 1 is 0.304 bits per heavy atom. The van der Waals surface area contributed by atoms with E-state index in [2.05, 4.69) is 160 Å². The van der Waals surface area contributed by atoms with Gasteiger partial charge in [0.2, 0.25) is 0 Å². The number of nitrogens with zero attached hydrogens (tertiary/aromatic N) is 1. The van der Waals surface area contributed by atoms with Crippen molar-refractivity contribution in [2.24, 2.45) is 0 Å². The Balaban J connectivity index is 4.10. The highest BCUT2D eigenvalue weighted by atomic mass is 16.7. The maximum atomic E-state index is 13.0. The van der Waals surface area contributed by atoms with Crippen molar-refractivity contribution < 1.29 is 42.9 Å². The number of carboxylic acids is 1. The van der Waals surface area contributed by atoms with Crippen LogP contribution in [0, 0.1) is 0 Å². The minimum absolute atomic E-state index is 0.133. The van der Waals surface area contributed by atoms with E-state index in [0.29, 0.717) is 17.4 Å². The molecule has 0 saturated carbocycles. The summed E-state index contributed by atoms with van der Waals surface area (Å²) in [7, 11) is 5.92. The van der Waals surface area contributed by atoms with Gasteiger partial charge in [-0.25, -0.2) is 0 Å². The molecule has 0 saturated heterocycles. The average Bonchev–Trinajstić information content (AvgIpc) is 0.997. The maximum absolute atomic E-state index is 13.0. The van der Waals surface area contributed by atoms with Gasteiger partial charge in [-0.2, -0.15) is 0 Å². The number of carbonyl (C=O) groups is 3.